The van der Waals surface area contributed by atoms with Crippen molar-refractivity contribution in [2.45, 2.75) is 45.8 Å². The van der Waals surface area contributed by atoms with E-state index in [2.05, 4.69) is 46.0 Å². The van der Waals surface area contributed by atoms with Crippen molar-refractivity contribution in [2.24, 2.45) is 0 Å². The van der Waals surface area contributed by atoms with Crippen LogP contribution in [0.15, 0.2) is 24.3 Å². The van der Waals surface area contributed by atoms with E-state index in [9.17, 15) is 4.79 Å². The van der Waals surface area contributed by atoms with Crippen molar-refractivity contribution in [3.8, 4) is 0 Å². The van der Waals surface area contributed by atoms with Crippen LogP contribution in [0.25, 0.3) is 0 Å². The first-order valence-electron chi connectivity index (χ1n) is 6.48. The van der Waals surface area contributed by atoms with E-state index in [1.54, 1.807) is 0 Å². The fourth-order valence-electron chi connectivity index (χ4n) is 1.67. The van der Waals surface area contributed by atoms with Gasteiger partial charge < -0.3 is 4.74 Å². The molecule has 18 heavy (non-hydrogen) atoms. The summed E-state index contributed by atoms with van der Waals surface area (Å²) in [5, 5.41) is 1.68. The molecule has 100 valence electrons. The minimum atomic E-state index is -1.51. The van der Waals surface area contributed by atoms with Crippen LogP contribution in [-0.4, -0.2) is 20.7 Å². The zero-order valence-corrected chi connectivity index (χ0v) is 13.3. The van der Waals surface area contributed by atoms with E-state index in [-0.39, 0.29) is 5.97 Å². The van der Waals surface area contributed by atoms with E-state index in [0.29, 0.717) is 17.2 Å². The number of esters is 1. The lowest BCUT2D eigenvalue weighted by Gasteiger charge is -2.37. The highest BCUT2D eigenvalue weighted by Gasteiger charge is 2.36. The summed E-state index contributed by atoms with van der Waals surface area (Å²) in [6.45, 7) is 13.8. The third-order valence-electron chi connectivity index (χ3n) is 3.99. The minimum absolute atomic E-state index is 0.237. The highest BCUT2D eigenvalue weighted by Crippen LogP contribution is 2.35. The molecule has 0 aliphatic heterocycles. The van der Waals surface area contributed by atoms with Crippen LogP contribution in [0.3, 0.4) is 0 Å². The molecule has 0 saturated heterocycles. The van der Waals surface area contributed by atoms with Gasteiger partial charge in [0.2, 0.25) is 0 Å². The number of hydrogen-bond acceptors (Lipinski definition) is 2. The maximum absolute atomic E-state index is 11.6. The molecule has 0 amide bonds. The Morgan fingerprint density at radius 3 is 2.06 bits per heavy atom. The second kappa shape index (κ2) is 5.27. The Morgan fingerprint density at radius 1 is 1.17 bits per heavy atom. The predicted molar refractivity (Wildman–Crippen MR) is 79.2 cm³/mol. The van der Waals surface area contributed by atoms with E-state index in [1.165, 1.54) is 5.19 Å². The zero-order chi connectivity index (χ0) is 14.0. The number of benzene rings is 1. The van der Waals surface area contributed by atoms with Gasteiger partial charge in [0.15, 0.2) is 0 Å². The number of carbonyl (C=O) groups is 1. The summed E-state index contributed by atoms with van der Waals surface area (Å²) < 4.78 is 4.99. The molecule has 0 bridgehead atoms. The van der Waals surface area contributed by atoms with Crippen molar-refractivity contribution in [2.75, 3.05) is 6.61 Å². The van der Waals surface area contributed by atoms with Crippen molar-refractivity contribution in [1.29, 1.82) is 0 Å². The first-order valence-corrected chi connectivity index (χ1v) is 9.48. The van der Waals surface area contributed by atoms with Crippen molar-refractivity contribution in [3.63, 3.8) is 0 Å². The summed E-state index contributed by atoms with van der Waals surface area (Å²) in [4.78, 5) is 11.6. The highest BCUT2D eigenvalue weighted by atomic mass is 28.3. The first kappa shape index (κ1) is 15.0. The molecule has 0 N–H and O–H groups in total. The van der Waals surface area contributed by atoms with Gasteiger partial charge in [0.05, 0.1) is 20.2 Å². The van der Waals surface area contributed by atoms with Crippen LogP contribution >= 0.6 is 0 Å². The zero-order valence-electron chi connectivity index (χ0n) is 12.3. The van der Waals surface area contributed by atoms with Crippen LogP contribution in [0.5, 0.6) is 0 Å². The van der Waals surface area contributed by atoms with Crippen LogP contribution in [-0.2, 0) is 4.74 Å². The lowest BCUT2D eigenvalue weighted by Crippen LogP contribution is -2.49. The number of ether oxygens (including phenoxy) is 1. The van der Waals surface area contributed by atoms with E-state index in [1.807, 2.05) is 19.1 Å². The third kappa shape index (κ3) is 3.02. The Kier molecular flexibility index (Phi) is 4.38. The maximum Gasteiger partial charge on any atom is 0.338 e. The van der Waals surface area contributed by atoms with Gasteiger partial charge in [0.1, 0.15) is 0 Å². The molecule has 1 aromatic rings. The fraction of sp³-hybridized carbons (Fsp3) is 0.533. The Bertz CT molecular complexity index is 413. The van der Waals surface area contributed by atoms with Crippen molar-refractivity contribution < 1.29 is 9.53 Å². The molecule has 0 aromatic heterocycles. The molecule has 0 radical (unpaired) electrons. The molecule has 0 spiro atoms. The van der Waals surface area contributed by atoms with Crippen LogP contribution in [0.4, 0.5) is 0 Å². The van der Waals surface area contributed by atoms with Gasteiger partial charge >= 0.3 is 5.97 Å². The number of carbonyl (C=O) groups excluding carboxylic acids is 1. The van der Waals surface area contributed by atoms with Gasteiger partial charge in [-0.2, -0.15) is 0 Å². The van der Waals surface area contributed by atoms with E-state index >= 15 is 0 Å². The van der Waals surface area contributed by atoms with Gasteiger partial charge in [-0.3, -0.25) is 0 Å². The summed E-state index contributed by atoms with van der Waals surface area (Å²) in [6, 6.07) is 7.94. The molecular weight excluding hydrogens is 240 g/mol. The smallest absolute Gasteiger partial charge is 0.338 e. The van der Waals surface area contributed by atoms with Gasteiger partial charge in [-0.15, -0.1) is 0 Å². The highest BCUT2D eigenvalue weighted by molar-refractivity contribution is 6.92. The lowest BCUT2D eigenvalue weighted by molar-refractivity contribution is 0.0526. The van der Waals surface area contributed by atoms with Crippen LogP contribution < -0.4 is 5.19 Å². The molecule has 3 heteroatoms. The van der Waals surface area contributed by atoms with Gasteiger partial charge in [-0.25, -0.2) is 4.79 Å². The van der Waals surface area contributed by atoms with Gasteiger partial charge in [-0.05, 0) is 24.1 Å². The quantitative estimate of drug-likeness (QED) is 0.616. The Balaban J connectivity index is 3.00. The minimum Gasteiger partial charge on any atom is -0.462 e. The summed E-state index contributed by atoms with van der Waals surface area (Å²) in [5.41, 5.74) is 0.638. The van der Waals surface area contributed by atoms with E-state index < -0.39 is 8.07 Å². The second-order valence-corrected chi connectivity index (χ2v) is 11.5. The van der Waals surface area contributed by atoms with Crippen molar-refractivity contribution in [1.82, 2.24) is 0 Å². The molecule has 0 fully saturated rings. The molecule has 0 saturated carbocycles. The van der Waals surface area contributed by atoms with E-state index in [4.69, 9.17) is 4.74 Å². The Morgan fingerprint density at radius 2 is 1.67 bits per heavy atom. The normalized spacial score (nSPS) is 12.3. The van der Waals surface area contributed by atoms with Crippen molar-refractivity contribution in [3.05, 3.63) is 29.8 Å². The van der Waals surface area contributed by atoms with Crippen LogP contribution in [0.2, 0.25) is 18.1 Å². The summed E-state index contributed by atoms with van der Waals surface area (Å²) in [5.74, 6) is -0.237. The SMILES string of the molecule is CCOC(=O)c1ccc([Si](C)(C)C(C)(C)C)cc1. The fourth-order valence-corrected chi connectivity index (χ4v) is 3.54. The largest absolute Gasteiger partial charge is 0.462 e. The molecular formula is C15H24O2Si. The number of hydrogen-bond donors (Lipinski definition) is 0. The summed E-state index contributed by atoms with van der Waals surface area (Å²) >= 11 is 0. The maximum atomic E-state index is 11.6. The molecule has 1 aromatic carbocycles. The molecule has 0 aliphatic rings. The Labute approximate surface area is 111 Å². The van der Waals surface area contributed by atoms with Gasteiger partial charge in [-0.1, -0.05) is 51.2 Å². The average molecular weight is 264 g/mol. The Hall–Kier alpha value is -1.09. The standard InChI is InChI=1S/C15H24O2Si/c1-7-17-14(16)12-8-10-13(11-9-12)18(5,6)15(2,3)4/h8-11H,7H2,1-6H3. The molecule has 1 rings (SSSR count). The molecule has 0 atom stereocenters. The van der Waals surface area contributed by atoms with E-state index in [0.717, 1.165) is 0 Å². The van der Waals surface area contributed by atoms with Gasteiger partial charge in [0.25, 0.3) is 0 Å². The monoisotopic (exact) mass is 264 g/mol. The molecule has 0 unspecified atom stereocenters. The average Bonchev–Trinajstić information content (AvgIpc) is 2.28. The van der Waals surface area contributed by atoms with Gasteiger partial charge in [0, 0.05) is 0 Å². The second-order valence-electron chi connectivity index (χ2n) is 6.17. The predicted octanol–water partition coefficient (Wildman–Crippen LogP) is 3.58. The number of rotatable bonds is 3. The molecule has 0 heterocycles. The topological polar surface area (TPSA) is 26.3 Å². The lowest BCUT2D eigenvalue weighted by atomic mass is 10.2. The van der Waals surface area contributed by atoms with Crippen molar-refractivity contribution >= 4 is 19.2 Å². The third-order valence-corrected chi connectivity index (χ3v) is 9.52. The van der Waals surface area contributed by atoms with Crippen LogP contribution in [0.1, 0.15) is 38.1 Å². The summed E-state index contributed by atoms with van der Waals surface area (Å²) in [7, 11) is -1.51. The molecule has 0 aliphatic carbocycles. The first-order chi connectivity index (χ1) is 8.20. The van der Waals surface area contributed by atoms with Crippen LogP contribution in [0, 0.1) is 0 Å². The molecule has 2 nitrogen and oxygen atoms in total. The summed E-state index contributed by atoms with van der Waals surface area (Å²) in [6.07, 6.45) is 0.